The summed E-state index contributed by atoms with van der Waals surface area (Å²) in [6, 6.07) is 3.74. The highest BCUT2D eigenvalue weighted by atomic mass is 35.5. The predicted octanol–water partition coefficient (Wildman–Crippen LogP) is 2.64. The van der Waals surface area contributed by atoms with Crippen molar-refractivity contribution < 1.29 is 14.3 Å². The van der Waals surface area contributed by atoms with Crippen molar-refractivity contribution in [1.29, 1.82) is 0 Å². The van der Waals surface area contributed by atoms with Crippen molar-refractivity contribution in [3.05, 3.63) is 57.9 Å². The van der Waals surface area contributed by atoms with Crippen LogP contribution >= 0.6 is 11.6 Å². The molecule has 2 amide bonds. The molecule has 1 atom stereocenters. The van der Waals surface area contributed by atoms with Gasteiger partial charge >= 0.3 is 0 Å². The van der Waals surface area contributed by atoms with E-state index in [4.69, 9.17) is 39.3 Å². The first-order chi connectivity index (χ1) is 18.1. The number of amides is 2. The average molecular weight is 540 g/mol. The monoisotopic (exact) mass is 539 g/mol. The SMILES string of the molecule is C/C(N)=C(/c1cc(Cl)c(C#Cc2[nH]nc(N)c2C(N)=O)cc1N)C1CC1.C=CC(=O)N1CCCC1COC. The van der Waals surface area contributed by atoms with Crippen LogP contribution in [0.4, 0.5) is 11.5 Å². The molecule has 0 radical (unpaired) electrons. The van der Waals surface area contributed by atoms with Crippen molar-refractivity contribution in [1.82, 2.24) is 15.1 Å². The Kier molecular flexibility index (Phi) is 9.45. The Morgan fingerprint density at radius 1 is 1.26 bits per heavy atom. The van der Waals surface area contributed by atoms with Gasteiger partial charge in [0, 0.05) is 36.2 Å². The Bertz CT molecular complexity index is 1310. The first-order valence-electron chi connectivity index (χ1n) is 12.2. The van der Waals surface area contributed by atoms with Gasteiger partial charge in [0.1, 0.15) is 11.3 Å². The molecule has 11 heteroatoms. The molecule has 38 heavy (non-hydrogen) atoms. The number of aromatic nitrogens is 2. The molecule has 1 aliphatic carbocycles. The van der Waals surface area contributed by atoms with Crippen LogP contribution in [-0.4, -0.2) is 53.2 Å². The van der Waals surface area contributed by atoms with Crippen LogP contribution in [0.2, 0.25) is 5.02 Å². The molecule has 1 aliphatic heterocycles. The van der Waals surface area contributed by atoms with E-state index >= 15 is 0 Å². The van der Waals surface area contributed by atoms with Crippen LogP contribution in [0.3, 0.4) is 0 Å². The number of ether oxygens (including phenoxy) is 1. The van der Waals surface area contributed by atoms with Gasteiger partial charge in [-0.25, -0.2) is 0 Å². The average Bonchev–Trinajstić information content (AvgIpc) is 3.46. The van der Waals surface area contributed by atoms with Crippen molar-refractivity contribution in [2.75, 3.05) is 31.7 Å². The number of H-pyrrole nitrogens is 1. The molecular formula is C27H34ClN7O3. The highest BCUT2D eigenvalue weighted by molar-refractivity contribution is 6.32. The number of hydrogen-bond acceptors (Lipinski definition) is 7. The summed E-state index contributed by atoms with van der Waals surface area (Å²) in [5.74, 6) is 5.40. The number of carbonyl (C=O) groups is 2. The van der Waals surface area contributed by atoms with E-state index in [1.807, 2.05) is 11.8 Å². The smallest absolute Gasteiger partial charge is 0.255 e. The number of allylic oxidation sites excluding steroid dienone is 2. The number of primary amides is 1. The van der Waals surface area contributed by atoms with Gasteiger partial charge in [0.2, 0.25) is 5.91 Å². The molecule has 0 bridgehead atoms. The minimum absolute atomic E-state index is 0.000363. The zero-order valence-corrected chi connectivity index (χ0v) is 22.4. The molecule has 2 aliphatic rings. The maximum atomic E-state index is 11.4. The van der Waals surface area contributed by atoms with Crippen LogP contribution in [0.5, 0.6) is 0 Å². The molecule has 202 valence electrons. The molecule has 4 rings (SSSR count). The Morgan fingerprint density at radius 3 is 2.55 bits per heavy atom. The quantitative estimate of drug-likeness (QED) is 0.212. The minimum Gasteiger partial charge on any atom is -0.402 e. The van der Waals surface area contributed by atoms with Gasteiger partial charge in [-0.15, -0.1) is 0 Å². The van der Waals surface area contributed by atoms with Gasteiger partial charge in [-0.3, -0.25) is 14.7 Å². The predicted molar refractivity (Wildman–Crippen MR) is 150 cm³/mol. The zero-order valence-electron chi connectivity index (χ0n) is 21.6. The van der Waals surface area contributed by atoms with E-state index < -0.39 is 5.91 Å². The number of hydrogen-bond donors (Lipinski definition) is 5. The van der Waals surface area contributed by atoms with Gasteiger partial charge in [0.15, 0.2) is 5.82 Å². The van der Waals surface area contributed by atoms with E-state index in [1.54, 1.807) is 19.2 Å². The molecule has 10 nitrogen and oxygen atoms in total. The van der Waals surface area contributed by atoms with Crippen molar-refractivity contribution in [3.63, 3.8) is 0 Å². The first kappa shape index (κ1) is 28.6. The van der Waals surface area contributed by atoms with Crippen molar-refractivity contribution >= 4 is 40.5 Å². The Labute approximate surface area is 227 Å². The zero-order chi connectivity index (χ0) is 28.0. The Morgan fingerprint density at radius 2 is 1.97 bits per heavy atom. The van der Waals surface area contributed by atoms with Crippen LogP contribution in [0, 0.1) is 17.8 Å². The van der Waals surface area contributed by atoms with Crippen LogP contribution < -0.4 is 22.9 Å². The second-order valence-electron chi connectivity index (χ2n) is 9.25. The molecule has 1 saturated heterocycles. The van der Waals surface area contributed by atoms with E-state index in [1.165, 1.54) is 6.08 Å². The number of nitrogen functional groups attached to an aromatic ring is 2. The molecule has 2 aromatic rings. The molecule has 1 aromatic heterocycles. The second kappa shape index (κ2) is 12.5. The lowest BCUT2D eigenvalue weighted by Crippen LogP contribution is -2.36. The van der Waals surface area contributed by atoms with E-state index in [0.717, 1.165) is 49.1 Å². The Hall–Kier alpha value is -3.94. The van der Waals surface area contributed by atoms with Gasteiger partial charge in [0.25, 0.3) is 5.91 Å². The largest absolute Gasteiger partial charge is 0.402 e. The normalized spacial score (nSPS) is 17.0. The van der Waals surface area contributed by atoms with Crippen molar-refractivity contribution in [3.8, 4) is 11.8 Å². The number of benzene rings is 1. The maximum absolute atomic E-state index is 11.4. The van der Waals surface area contributed by atoms with Gasteiger partial charge in [-0.05, 0) is 68.2 Å². The number of carbonyl (C=O) groups excluding carboxylic acids is 2. The van der Waals surface area contributed by atoms with Crippen LogP contribution in [-0.2, 0) is 9.53 Å². The lowest BCUT2D eigenvalue weighted by molar-refractivity contribution is -0.127. The highest BCUT2D eigenvalue weighted by Crippen LogP contribution is 2.45. The molecular weight excluding hydrogens is 506 g/mol. The Balaban J connectivity index is 0.000000279. The number of aromatic amines is 1. The fourth-order valence-electron chi connectivity index (χ4n) is 4.48. The molecule has 2 heterocycles. The van der Waals surface area contributed by atoms with Gasteiger partial charge in [-0.2, -0.15) is 5.10 Å². The van der Waals surface area contributed by atoms with Crippen LogP contribution in [0.15, 0.2) is 30.5 Å². The van der Waals surface area contributed by atoms with Gasteiger partial charge in [-0.1, -0.05) is 24.1 Å². The number of likely N-dealkylation sites (tertiary alicyclic amines) is 1. The maximum Gasteiger partial charge on any atom is 0.255 e. The summed E-state index contributed by atoms with van der Waals surface area (Å²) in [5, 5.41) is 6.76. The second-order valence-corrected chi connectivity index (χ2v) is 9.66. The number of anilines is 2. The van der Waals surface area contributed by atoms with Crippen LogP contribution in [0.25, 0.3) is 5.57 Å². The third kappa shape index (κ3) is 6.68. The van der Waals surface area contributed by atoms with Crippen molar-refractivity contribution in [2.45, 2.75) is 38.6 Å². The first-order valence-corrected chi connectivity index (χ1v) is 12.6. The third-order valence-electron chi connectivity index (χ3n) is 6.40. The highest BCUT2D eigenvalue weighted by Gasteiger charge is 2.30. The third-order valence-corrected chi connectivity index (χ3v) is 6.71. The molecule has 2 fully saturated rings. The summed E-state index contributed by atoms with van der Waals surface area (Å²) in [7, 11) is 1.66. The van der Waals surface area contributed by atoms with Gasteiger partial charge in [0.05, 0.1) is 17.7 Å². The number of methoxy groups -OCH3 is 1. The fraction of sp³-hybridized carbons (Fsp3) is 0.370. The van der Waals surface area contributed by atoms with Gasteiger partial charge < -0.3 is 32.6 Å². The molecule has 0 spiro atoms. The summed E-state index contributed by atoms with van der Waals surface area (Å²) < 4.78 is 5.02. The number of nitrogens with two attached hydrogens (primary N) is 4. The lowest BCUT2D eigenvalue weighted by atomic mass is 9.96. The summed E-state index contributed by atoms with van der Waals surface area (Å²) in [5.41, 5.74) is 27.1. The molecule has 9 N–H and O–H groups in total. The summed E-state index contributed by atoms with van der Waals surface area (Å²) in [6.07, 6.45) is 5.69. The topological polar surface area (TPSA) is 179 Å². The van der Waals surface area contributed by atoms with E-state index in [0.29, 0.717) is 28.8 Å². The molecule has 1 saturated carbocycles. The van der Waals surface area contributed by atoms with E-state index in [-0.39, 0.29) is 29.0 Å². The number of rotatable bonds is 6. The number of nitrogens with zero attached hydrogens (tertiary/aromatic N) is 2. The van der Waals surface area contributed by atoms with Crippen LogP contribution in [0.1, 0.15) is 59.8 Å². The number of halogens is 1. The van der Waals surface area contributed by atoms with E-state index in [2.05, 4.69) is 28.6 Å². The molecule has 1 unspecified atom stereocenters. The summed E-state index contributed by atoms with van der Waals surface area (Å²) in [6.45, 7) is 6.82. The molecule has 1 aromatic carbocycles. The fourth-order valence-corrected chi connectivity index (χ4v) is 4.69. The van der Waals surface area contributed by atoms with E-state index in [9.17, 15) is 9.59 Å². The standard InChI is InChI=1S/C18H19ClN6O.C9H15NO2/c1-8(20)15(9-2-3-9)11-7-12(19)10(6-13(11)21)4-5-14-16(18(23)26)17(22)25-24-14;1-3-9(11)10-6-4-5-8(10)7-12-2/h6-7,9H,2-3,20-21H2,1H3,(H2,23,26)(H3,22,24,25);3,8H,1,4-7H2,2H3/b15-8-;. The van der Waals surface area contributed by atoms with Crippen molar-refractivity contribution in [2.24, 2.45) is 17.4 Å². The lowest BCUT2D eigenvalue weighted by Gasteiger charge is -2.22. The summed E-state index contributed by atoms with van der Waals surface area (Å²) in [4.78, 5) is 24.5. The summed E-state index contributed by atoms with van der Waals surface area (Å²) >= 11 is 6.39. The number of nitrogens with one attached hydrogen (secondary N) is 1. The minimum atomic E-state index is -0.709.